The zero-order valence-electron chi connectivity index (χ0n) is 11.0. The Bertz CT molecular complexity index is 191. The molecule has 0 rings (SSSR count). The van der Waals surface area contributed by atoms with Gasteiger partial charge in [0.05, 0.1) is 12.7 Å². The molecule has 102 valence electrons. The van der Waals surface area contributed by atoms with Crippen molar-refractivity contribution in [2.45, 2.75) is 51.4 Å². The fraction of sp³-hybridized carbons (Fsp3) is 0.917. The van der Waals surface area contributed by atoms with E-state index in [4.69, 9.17) is 14.2 Å². The average Bonchev–Trinajstić information content (AvgIpc) is 2.32. The summed E-state index contributed by atoms with van der Waals surface area (Å²) < 4.78 is 14.8. The highest BCUT2D eigenvalue weighted by atomic mass is 16.7. The second-order valence-electron chi connectivity index (χ2n) is 3.84. The fourth-order valence-electron chi connectivity index (χ4n) is 1.51. The summed E-state index contributed by atoms with van der Waals surface area (Å²) in [7, 11) is 3.09. The largest absolute Gasteiger partial charge is 0.466 e. The van der Waals surface area contributed by atoms with E-state index in [-0.39, 0.29) is 12.3 Å². The first kappa shape index (κ1) is 16.4. The monoisotopic (exact) mass is 248 g/mol. The predicted octanol–water partition coefficient (Wildman–Crippen LogP) is 1.48. The van der Waals surface area contributed by atoms with E-state index in [1.165, 1.54) is 0 Å². The number of carbonyl (C=O) groups is 1. The fourth-order valence-corrected chi connectivity index (χ4v) is 1.51. The minimum atomic E-state index is -0.456. The van der Waals surface area contributed by atoms with Crippen LogP contribution in [0.1, 0.15) is 39.0 Å². The second-order valence-corrected chi connectivity index (χ2v) is 3.84. The van der Waals surface area contributed by atoms with Gasteiger partial charge in [0.2, 0.25) is 0 Å². The molecule has 5 heteroatoms. The van der Waals surface area contributed by atoms with E-state index in [9.17, 15) is 9.90 Å². The summed E-state index contributed by atoms with van der Waals surface area (Å²) in [5.41, 5.74) is 0. The van der Waals surface area contributed by atoms with Gasteiger partial charge in [0.25, 0.3) is 0 Å². The summed E-state index contributed by atoms with van der Waals surface area (Å²) >= 11 is 0. The summed E-state index contributed by atoms with van der Waals surface area (Å²) in [6.07, 6.45) is 2.21. The van der Waals surface area contributed by atoms with Gasteiger partial charge in [-0.25, -0.2) is 0 Å². The zero-order valence-corrected chi connectivity index (χ0v) is 11.0. The van der Waals surface area contributed by atoms with Crippen LogP contribution in [0.15, 0.2) is 0 Å². The molecule has 0 bridgehead atoms. The molecule has 1 atom stereocenters. The Morgan fingerprint density at radius 3 is 2.41 bits per heavy atom. The van der Waals surface area contributed by atoms with Gasteiger partial charge in [-0.15, -0.1) is 0 Å². The number of rotatable bonds is 10. The topological polar surface area (TPSA) is 65.0 Å². The van der Waals surface area contributed by atoms with Crippen molar-refractivity contribution in [1.29, 1.82) is 0 Å². The standard InChI is InChI=1S/C12H24O5/c1-4-17-11(14)8-6-5-7-10(13)9-12(15-2)16-3/h10,12-13H,4-9H2,1-3H3. The van der Waals surface area contributed by atoms with Crippen molar-refractivity contribution in [3.8, 4) is 0 Å². The maximum Gasteiger partial charge on any atom is 0.305 e. The molecule has 0 fully saturated rings. The molecule has 0 spiro atoms. The molecule has 0 aromatic rings. The van der Waals surface area contributed by atoms with Gasteiger partial charge in [-0.2, -0.15) is 0 Å². The molecule has 0 saturated carbocycles. The van der Waals surface area contributed by atoms with E-state index in [1.807, 2.05) is 0 Å². The number of unbranched alkanes of at least 4 members (excludes halogenated alkanes) is 1. The van der Waals surface area contributed by atoms with Gasteiger partial charge >= 0.3 is 5.97 Å². The van der Waals surface area contributed by atoms with Gasteiger partial charge in [-0.1, -0.05) is 6.42 Å². The number of aliphatic hydroxyl groups excluding tert-OH is 1. The molecule has 0 heterocycles. The molecule has 5 nitrogen and oxygen atoms in total. The molecule has 1 N–H and O–H groups in total. The third-order valence-corrected chi connectivity index (χ3v) is 2.46. The molecule has 0 radical (unpaired) electrons. The van der Waals surface area contributed by atoms with E-state index in [0.29, 0.717) is 25.9 Å². The van der Waals surface area contributed by atoms with Crippen LogP contribution < -0.4 is 0 Å². The normalized spacial score (nSPS) is 12.8. The summed E-state index contributed by atoms with van der Waals surface area (Å²) in [4.78, 5) is 11.0. The lowest BCUT2D eigenvalue weighted by Gasteiger charge is -2.17. The number of aliphatic hydroxyl groups is 1. The lowest BCUT2D eigenvalue weighted by Crippen LogP contribution is -2.21. The highest BCUT2D eigenvalue weighted by Crippen LogP contribution is 2.11. The number of carbonyl (C=O) groups excluding carboxylic acids is 1. The van der Waals surface area contributed by atoms with Crippen molar-refractivity contribution in [2.24, 2.45) is 0 Å². The van der Waals surface area contributed by atoms with E-state index in [0.717, 1.165) is 12.8 Å². The third kappa shape index (κ3) is 9.09. The minimum Gasteiger partial charge on any atom is -0.466 e. The van der Waals surface area contributed by atoms with Crippen molar-refractivity contribution in [1.82, 2.24) is 0 Å². The zero-order chi connectivity index (χ0) is 13.1. The summed E-state index contributed by atoms with van der Waals surface area (Å²) in [5, 5.41) is 9.67. The SMILES string of the molecule is CCOC(=O)CCCCC(O)CC(OC)OC. The quantitative estimate of drug-likeness (QED) is 0.360. The van der Waals surface area contributed by atoms with Crippen LogP contribution >= 0.6 is 0 Å². The lowest BCUT2D eigenvalue weighted by atomic mass is 10.1. The first-order valence-electron chi connectivity index (χ1n) is 6.03. The molecule has 0 amide bonds. The predicted molar refractivity (Wildman–Crippen MR) is 63.5 cm³/mol. The Balaban J connectivity index is 3.50. The first-order chi connectivity index (χ1) is 8.13. The second kappa shape index (κ2) is 10.5. The summed E-state index contributed by atoms with van der Waals surface area (Å²) in [6.45, 7) is 2.21. The van der Waals surface area contributed by atoms with Crippen molar-refractivity contribution in [3.63, 3.8) is 0 Å². The minimum absolute atomic E-state index is 0.173. The Morgan fingerprint density at radius 2 is 1.88 bits per heavy atom. The number of hydrogen-bond acceptors (Lipinski definition) is 5. The van der Waals surface area contributed by atoms with Crippen molar-refractivity contribution >= 4 is 5.97 Å². The molecule has 1 unspecified atom stereocenters. The number of ether oxygens (including phenoxy) is 3. The van der Waals surface area contributed by atoms with Crippen LogP contribution in [-0.4, -0.2) is 44.3 Å². The van der Waals surface area contributed by atoms with E-state index >= 15 is 0 Å². The highest BCUT2D eigenvalue weighted by molar-refractivity contribution is 5.69. The number of esters is 1. The molecular formula is C12H24O5. The Morgan fingerprint density at radius 1 is 1.24 bits per heavy atom. The van der Waals surface area contributed by atoms with Gasteiger partial charge in [0.15, 0.2) is 6.29 Å². The van der Waals surface area contributed by atoms with Crippen LogP contribution in [0.25, 0.3) is 0 Å². The van der Waals surface area contributed by atoms with Gasteiger partial charge in [-0.05, 0) is 19.8 Å². The van der Waals surface area contributed by atoms with Gasteiger partial charge in [0, 0.05) is 27.1 Å². The Hall–Kier alpha value is -0.650. The van der Waals surface area contributed by atoms with Crippen LogP contribution in [0, 0.1) is 0 Å². The van der Waals surface area contributed by atoms with Crippen LogP contribution in [-0.2, 0) is 19.0 Å². The van der Waals surface area contributed by atoms with E-state index < -0.39 is 6.10 Å². The molecule has 0 aliphatic rings. The molecule has 0 aliphatic heterocycles. The van der Waals surface area contributed by atoms with Crippen molar-refractivity contribution in [2.75, 3.05) is 20.8 Å². The van der Waals surface area contributed by atoms with Gasteiger partial charge < -0.3 is 19.3 Å². The summed E-state index contributed by atoms with van der Waals surface area (Å²) in [5.74, 6) is -0.173. The molecule has 17 heavy (non-hydrogen) atoms. The smallest absolute Gasteiger partial charge is 0.305 e. The van der Waals surface area contributed by atoms with E-state index in [1.54, 1.807) is 21.1 Å². The van der Waals surface area contributed by atoms with Crippen LogP contribution in [0.2, 0.25) is 0 Å². The summed E-state index contributed by atoms with van der Waals surface area (Å²) in [6, 6.07) is 0. The lowest BCUT2D eigenvalue weighted by molar-refractivity contribution is -0.143. The van der Waals surface area contributed by atoms with Crippen LogP contribution in [0.3, 0.4) is 0 Å². The first-order valence-corrected chi connectivity index (χ1v) is 6.03. The highest BCUT2D eigenvalue weighted by Gasteiger charge is 2.13. The number of methoxy groups -OCH3 is 2. The van der Waals surface area contributed by atoms with Crippen LogP contribution in [0.5, 0.6) is 0 Å². The Kier molecular flexibility index (Phi) is 10.1. The molecule has 0 aromatic carbocycles. The molecule has 0 saturated heterocycles. The maximum atomic E-state index is 11.0. The maximum absolute atomic E-state index is 11.0. The van der Waals surface area contributed by atoms with Crippen molar-refractivity contribution < 1.29 is 24.1 Å². The molecular weight excluding hydrogens is 224 g/mol. The average molecular weight is 248 g/mol. The molecule has 0 aromatic heterocycles. The van der Waals surface area contributed by atoms with Crippen LogP contribution in [0.4, 0.5) is 0 Å². The van der Waals surface area contributed by atoms with Crippen molar-refractivity contribution in [3.05, 3.63) is 0 Å². The van der Waals surface area contributed by atoms with Gasteiger partial charge in [0.1, 0.15) is 0 Å². The van der Waals surface area contributed by atoms with E-state index in [2.05, 4.69) is 0 Å². The molecule has 0 aliphatic carbocycles. The Labute approximate surface area is 103 Å². The van der Waals surface area contributed by atoms with Gasteiger partial charge in [-0.3, -0.25) is 4.79 Å². The third-order valence-electron chi connectivity index (χ3n) is 2.46. The number of hydrogen-bond donors (Lipinski definition) is 1.